The molecule has 78 valence electrons. The summed E-state index contributed by atoms with van der Waals surface area (Å²) in [6.45, 7) is 0.854. The number of aromatic nitrogens is 1. The van der Waals surface area contributed by atoms with E-state index in [1.807, 2.05) is 12.1 Å². The summed E-state index contributed by atoms with van der Waals surface area (Å²) >= 11 is 0. The van der Waals surface area contributed by atoms with Gasteiger partial charge >= 0.3 is 0 Å². The first kappa shape index (κ1) is 9.73. The van der Waals surface area contributed by atoms with E-state index in [9.17, 15) is 4.79 Å². The maximum absolute atomic E-state index is 11.4. The van der Waals surface area contributed by atoms with E-state index in [2.05, 4.69) is 0 Å². The summed E-state index contributed by atoms with van der Waals surface area (Å²) in [4.78, 5) is 11.4. The number of nitrogens with zero attached hydrogens (tertiary/aromatic N) is 1. The van der Waals surface area contributed by atoms with E-state index < -0.39 is 0 Å². The maximum Gasteiger partial charge on any atom is 0.250 e. The zero-order valence-electron chi connectivity index (χ0n) is 8.22. The van der Waals surface area contributed by atoms with E-state index in [0.29, 0.717) is 13.1 Å². The maximum atomic E-state index is 11.4. The van der Waals surface area contributed by atoms with Crippen LogP contribution in [0.25, 0.3) is 0 Å². The minimum atomic E-state index is -0.0446. The molecule has 0 fully saturated rings. The third kappa shape index (κ3) is 1.99. The second-order valence-corrected chi connectivity index (χ2v) is 3.24. The Hall–Kier alpha value is -1.81. The lowest BCUT2D eigenvalue weighted by Crippen LogP contribution is -2.18. The molecule has 2 aromatic heterocycles. The predicted molar refractivity (Wildman–Crippen MR) is 56.4 cm³/mol. The Balaban J connectivity index is 2.30. The lowest BCUT2D eigenvalue weighted by molar-refractivity contribution is 0.485. The van der Waals surface area contributed by atoms with E-state index in [1.54, 1.807) is 23.1 Å². The summed E-state index contributed by atoms with van der Waals surface area (Å²) < 4.78 is 6.86. The number of pyridine rings is 1. The predicted octanol–water partition coefficient (Wildman–Crippen LogP) is 0.948. The highest BCUT2D eigenvalue weighted by Gasteiger charge is 2.05. The first-order valence-electron chi connectivity index (χ1n) is 4.72. The average Bonchev–Trinajstić information content (AvgIpc) is 2.69. The van der Waals surface area contributed by atoms with Crippen LogP contribution in [0.3, 0.4) is 0 Å². The van der Waals surface area contributed by atoms with Gasteiger partial charge in [0.25, 0.3) is 5.56 Å². The number of nitrogens with two attached hydrogens (primary N) is 1. The molecule has 0 spiro atoms. The number of hydrogen-bond acceptors (Lipinski definition) is 3. The van der Waals surface area contributed by atoms with Crippen LogP contribution >= 0.6 is 0 Å². The monoisotopic (exact) mass is 204 g/mol. The molecule has 4 heteroatoms. The van der Waals surface area contributed by atoms with Crippen LogP contribution in [-0.2, 0) is 13.1 Å². The Labute approximate surface area is 86.9 Å². The lowest BCUT2D eigenvalue weighted by atomic mass is 10.2. The van der Waals surface area contributed by atoms with E-state index in [4.69, 9.17) is 10.2 Å². The molecule has 4 nitrogen and oxygen atoms in total. The van der Waals surface area contributed by atoms with Crippen molar-refractivity contribution < 1.29 is 4.42 Å². The number of furan rings is 1. The second kappa shape index (κ2) is 4.14. The quantitative estimate of drug-likeness (QED) is 0.809. The summed E-state index contributed by atoms with van der Waals surface area (Å²) in [6, 6.07) is 6.87. The van der Waals surface area contributed by atoms with Crippen LogP contribution in [0, 0.1) is 0 Å². The summed E-state index contributed by atoms with van der Waals surface area (Å²) in [5.41, 5.74) is 6.43. The molecule has 0 saturated carbocycles. The molecule has 15 heavy (non-hydrogen) atoms. The lowest BCUT2D eigenvalue weighted by Gasteiger charge is -2.03. The molecule has 2 aromatic rings. The van der Waals surface area contributed by atoms with Gasteiger partial charge in [-0.2, -0.15) is 0 Å². The average molecular weight is 204 g/mol. The van der Waals surface area contributed by atoms with Crippen molar-refractivity contribution in [1.82, 2.24) is 4.57 Å². The molecule has 2 N–H and O–H groups in total. The Morgan fingerprint density at radius 1 is 1.33 bits per heavy atom. The van der Waals surface area contributed by atoms with Gasteiger partial charge in [0.2, 0.25) is 0 Å². The molecule has 0 saturated heterocycles. The molecule has 0 aliphatic carbocycles. The highest BCUT2D eigenvalue weighted by atomic mass is 16.3. The van der Waals surface area contributed by atoms with Crippen LogP contribution < -0.4 is 11.3 Å². The van der Waals surface area contributed by atoms with E-state index in [-0.39, 0.29) is 5.56 Å². The Bertz CT molecular complexity index is 499. The molecule has 2 rings (SSSR count). The number of rotatable bonds is 3. The van der Waals surface area contributed by atoms with Crippen molar-refractivity contribution in [3.05, 3.63) is 58.4 Å². The smallest absolute Gasteiger partial charge is 0.250 e. The third-order valence-corrected chi connectivity index (χ3v) is 2.27. The van der Waals surface area contributed by atoms with Crippen molar-refractivity contribution in [2.45, 2.75) is 13.1 Å². The van der Waals surface area contributed by atoms with Gasteiger partial charge in [-0.1, -0.05) is 6.07 Å². The molecular weight excluding hydrogens is 192 g/mol. The van der Waals surface area contributed by atoms with Crippen molar-refractivity contribution in [2.75, 3.05) is 0 Å². The fraction of sp³-hybridized carbons (Fsp3) is 0.182. The molecule has 0 bridgehead atoms. The van der Waals surface area contributed by atoms with E-state index in [1.165, 1.54) is 6.07 Å². The van der Waals surface area contributed by atoms with Crippen LogP contribution in [0.15, 0.2) is 45.9 Å². The number of hydrogen-bond donors (Lipinski definition) is 1. The Kier molecular flexibility index (Phi) is 2.69. The largest absolute Gasteiger partial charge is 0.467 e. The molecule has 0 atom stereocenters. The van der Waals surface area contributed by atoms with Gasteiger partial charge in [-0.15, -0.1) is 0 Å². The van der Waals surface area contributed by atoms with Crippen LogP contribution in [0.1, 0.15) is 11.3 Å². The van der Waals surface area contributed by atoms with Crippen LogP contribution in [0.4, 0.5) is 0 Å². The van der Waals surface area contributed by atoms with Gasteiger partial charge in [-0.25, -0.2) is 0 Å². The topological polar surface area (TPSA) is 61.2 Å². The van der Waals surface area contributed by atoms with Crippen molar-refractivity contribution >= 4 is 0 Å². The van der Waals surface area contributed by atoms with Gasteiger partial charge in [-0.3, -0.25) is 4.79 Å². The fourth-order valence-corrected chi connectivity index (χ4v) is 1.43. The first-order valence-corrected chi connectivity index (χ1v) is 4.72. The van der Waals surface area contributed by atoms with Crippen molar-refractivity contribution in [3.63, 3.8) is 0 Å². The van der Waals surface area contributed by atoms with Gasteiger partial charge in [0, 0.05) is 24.4 Å². The Morgan fingerprint density at radius 2 is 2.20 bits per heavy atom. The minimum Gasteiger partial charge on any atom is -0.467 e. The van der Waals surface area contributed by atoms with Gasteiger partial charge in [-0.05, 0) is 12.1 Å². The van der Waals surface area contributed by atoms with E-state index >= 15 is 0 Å². The Morgan fingerprint density at radius 3 is 2.93 bits per heavy atom. The zero-order chi connectivity index (χ0) is 10.7. The summed E-state index contributed by atoms with van der Waals surface area (Å²) in [5, 5.41) is 0. The first-order chi connectivity index (χ1) is 7.31. The normalized spacial score (nSPS) is 10.5. The van der Waals surface area contributed by atoms with Gasteiger partial charge in [0.15, 0.2) is 0 Å². The molecule has 0 amide bonds. The molecule has 2 heterocycles. The van der Waals surface area contributed by atoms with Crippen LogP contribution in [0.2, 0.25) is 0 Å². The van der Waals surface area contributed by atoms with Crippen molar-refractivity contribution in [3.8, 4) is 0 Å². The molecular formula is C11H12N2O2. The van der Waals surface area contributed by atoms with Gasteiger partial charge in [0.05, 0.1) is 12.8 Å². The third-order valence-electron chi connectivity index (χ3n) is 2.27. The van der Waals surface area contributed by atoms with Gasteiger partial charge < -0.3 is 14.7 Å². The standard InChI is InChI=1S/C11H12N2O2/c12-7-9-4-6-15-10(9)8-13-5-2-1-3-11(13)14/h1-6H,7-8,12H2. The van der Waals surface area contributed by atoms with Crippen molar-refractivity contribution in [1.29, 1.82) is 0 Å². The van der Waals surface area contributed by atoms with Crippen LogP contribution in [-0.4, -0.2) is 4.57 Å². The van der Waals surface area contributed by atoms with Gasteiger partial charge in [0.1, 0.15) is 5.76 Å². The van der Waals surface area contributed by atoms with E-state index in [0.717, 1.165) is 11.3 Å². The van der Waals surface area contributed by atoms with Crippen molar-refractivity contribution in [2.24, 2.45) is 5.73 Å². The summed E-state index contributed by atoms with van der Waals surface area (Å²) in [5.74, 6) is 0.741. The molecule has 0 aliphatic rings. The zero-order valence-corrected chi connectivity index (χ0v) is 8.22. The second-order valence-electron chi connectivity index (χ2n) is 3.24. The van der Waals surface area contributed by atoms with Crippen LogP contribution in [0.5, 0.6) is 0 Å². The molecule has 0 unspecified atom stereocenters. The highest BCUT2D eigenvalue weighted by molar-refractivity contribution is 5.17. The highest BCUT2D eigenvalue weighted by Crippen LogP contribution is 2.10. The minimum absolute atomic E-state index is 0.0446. The SMILES string of the molecule is NCc1ccoc1Cn1ccccc1=O. The summed E-state index contributed by atoms with van der Waals surface area (Å²) in [7, 11) is 0. The fourth-order valence-electron chi connectivity index (χ4n) is 1.43. The molecule has 0 aliphatic heterocycles. The summed E-state index contributed by atoms with van der Waals surface area (Å²) in [6.07, 6.45) is 3.32. The molecule has 0 aromatic carbocycles. The molecule has 0 radical (unpaired) electrons.